The lowest BCUT2D eigenvalue weighted by atomic mass is 10.2. The zero-order valence-corrected chi connectivity index (χ0v) is 12.8. The zero-order valence-electron chi connectivity index (χ0n) is 12.0. The molecule has 0 saturated heterocycles. The molecule has 2 rings (SSSR count). The van der Waals surface area contributed by atoms with Gasteiger partial charge in [0.1, 0.15) is 4.88 Å². The molecule has 108 valence electrons. The van der Waals surface area contributed by atoms with Crippen LogP contribution in [0.3, 0.4) is 0 Å². The molecule has 0 aliphatic heterocycles. The highest BCUT2D eigenvalue weighted by atomic mass is 32.1. The van der Waals surface area contributed by atoms with Crippen LogP contribution in [-0.4, -0.2) is 34.4 Å². The second-order valence-electron chi connectivity index (χ2n) is 4.51. The third-order valence-corrected chi connectivity index (χ3v) is 4.04. The van der Waals surface area contributed by atoms with Crippen molar-refractivity contribution < 1.29 is 9.53 Å². The van der Waals surface area contributed by atoms with Crippen molar-refractivity contribution in [2.45, 2.75) is 19.9 Å². The van der Waals surface area contributed by atoms with Gasteiger partial charge in [0.2, 0.25) is 0 Å². The number of nitrogens with one attached hydrogen (secondary N) is 1. The summed E-state index contributed by atoms with van der Waals surface area (Å²) in [5.41, 5.74) is 1.66. The molecule has 1 N–H and O–H groups in total. The van der Waals surface area contributed by atoms with Gasteiger partial charge >= 0.3 is 0 Å². The van der Waals surface area contributed by atoms with E-state index >= 15 is 0 Å². The van der Waals surface area contributed by atoms with Crippen molar-refractivity contribution in [3.8, 4) is 0 Å². The summed E-state index contributed by atoms with van der Waals surface area (Å²) in [5, 5.41) is 7.98. The van der Waals surface area contributed by atoms with Crippen molar-refractivity contribution in [2.24, 2.45) is 7.05 Å². The first-order chi connectivity index (χ1) is 9.52. The Morgan fingerprint density at radius 2 is 2.30 bits per heavy atom. The van der Waals surface area contributed by atoms with Gasteiger partial charge in [0, 0.05) is 20.4 Å². The average Bonchev–Trinajstić information content (AvgIpc) is 2.94. The maximum Gasteiger partial charge on any atom is 0.263 e. The lowest BCUT2D eigenvalue weighted by Crippen LogP contribution is -2.32. The molecule has 0 radical (unpaired) electrons. The molecule has 7 heteroatoms. The number of carbonyl (C=O) groups excluding carboxylic acids is 1. The first-order valence-electron chi connectivity index (χ1n) is 6.24. The fourth-order valence-electron chi connectivity index (χ4n) is 2.06. The van der Waals surface area contributed by atoms with E-state index in [9.17, 15) is 4.79 Å². The summed E-state index contributed by atoms with van der Waals surface area (Å²) in [6, 6.07) is 1.64. The van der Waals surface area contributed by atoms with E-state index in [0.717, 1.165) is 16.4 Å². The molecule has 2 aromatic rings. The number of amides is 1. The third kappa shape index (κ3) is 3.05. The highest BCUT2D eigenvalue weighted by molar-refractivity contribution is 7.13. The number of hydrogen-bond donors (Lipinski definition) is 1. The molecule has 2 aromatic heterocycles. The van der Waals surface area contributed by atoms with Crippen LogP contribution in [0.15, 0.2) is 12.3 Å². The van der Waals surface area contributed by atoms with Gasteiger partial charge in [-0.05, 0) is 19.9 Å². The lowest BCUT2D eigenvalue weighted by molar-refractivity contribution is 0.0895. The maximum absolute atomic E-state index is 12.3. The lowest BCUT2D eigenvalue weighted by Gasteiger charge is -2.17. The number of aromatic nitrogens is 3. The molecule has 1 amide bonds. The van der Waals surface area contributed by atoms with E-state index in [1.165, 1.54) is 11.3 Å². The topological polar surface area (TPSA) is 69.0 Å². The van der Waals surface area contributed by atoms with E-state index in [2.05, 4.69) is 15.4 Å². The second kappa shape index (κ2) is 6.15. The molecule has 0 saturated carbocycles. The quantitative estimate of drug-likeness (QED) is 0.909. The third-order valence-electron chi connectivity index (χ3n) is 2.96. The summed E-state index contributed by atoms with van der Waals surface area (Å²) in [6.07, 6.45) is 1.70. The van der Waals surface area contributed by atoms with Crippen molar-refractivity contribution >= 4 is 17.2 Å². The predicted molar refractivity (Wildman–Crippen MR) is 76.9 cm³/mol. The van der Waals surface area contributed by atoms with Crippen LogP contribution in [0.5, 0.6) is 0 Å². The highest BCUT2D eigenvalue weighted by Gasteiger charge is 2.21. The van der Waals surface area contributed by atoms with E-state index in [0.29, 0.717) is 11.5 Å². The Labute approximate surface area is 121 Å². The zero-order chi connectivity index (χ0) is 14.7. The summed E-state index contributed by atoms with van der Waals surface area (Å²) < 4.78 is 6.92. The van der Waals surface area contributed by atoms with Gasteiger partial charge in [-0.2, -0.15) is 5.10 Å². The van der Waals surface area contributed by atoms with Crippen molar-refractivity contribution in [1.82, 2.24) is 20.1 Å². The summed E-state index contributed by atoms with van der Waals surface area (Å²) in [4.78, 5) is 17.3. The number of rotatable bonds is 5. The molecule has 6 nitrogen and oxygen atoms in total. The second-order valence-corrected chi connectivity index (χ2v) is 5.71. The number of thiazole rings is 1. The van der Waals surface area contributed by atoms with E-state index < -0.39 is 0 Å². The molecule has 0 fully saturated rings. The minimum Gasteiger partial charge on any atom is -0.382 e. The minimum absolute atomic E-state index is 0.128. The van der Waals surface area contributed by atoms with E-state index in [1.807, 2.05) is 27.0 Å². The van der Waals surface area contributed by atoms with Crippen molar-refractivity contribution in [3.05, 3.63) is 33.5 Å². The van der Waals surface area contributed by atoms with Crippen molar-refractivity contribution in [1.29, 1.82) is 0 Å². The molecule has 0 spiro atoms. The Balaban J connectivity index is 2.18. The first-order valence-corrected chi connectivity index (χ1v) is 7.06. The number of carbonyl (C=O) groups is 1. The van der Waals surface area contributed by atoms with Gasteiger partial charge in [-0.25, -0.2) is 4.98 Å². The molecular weight excluding hydrogens is 276 g/mol. The maximum atomic E-state index is 12.3. The predicted octanol–water partition coefficient (Wildman–Crippen LogP) is 1.61. The van der Waals surface area contributed by atoms with Crippen LogP contribution in [0.2, 0.25) is 0 Å². The van der Waals surface area contributed by atoms with Crippen LogP contribution in [0.4, 0.5) is 0 Å². The monoisotopic (exact) mass is 294 g/mol. The molecule has 1 atom stereocenters. The molecular formula is C13H18N4O2S. The first kappa shape index (κ1) is 14.7. The fourth-order valence-corrected chi connectivity index (χ4v) is 2.88. The summed E-state index contributed by atoms with van der Waals surface area (Å²) in [5.74, 6) is -0.128. The van der Waals surface area contributed by atoms with Gasteiger partial charge in [-0.15, -0.1) is 11.3 Å². The number of nitrogens with zero attached hydrogens (tertiary/aromatic N) is 3. The van der Waals surface area contributed by atoms with E-state index in [4.69, 9.17) is 4.74 Å². The largest absolute Gasteiger partial charge is 0.382 e. The van der Waals surface area contributed by atoms with Crippen LogP contribution in [-0.2, 0) is 11.8 Å². The van der Waals surface area contributed by atoms with Crippen LogP contribution < -0.4 is 5.32 Å². The molecule has 0 aliphatic carbocycles. The van der Waals surface area contributed by atoms with E-state index in [1.54, 1.807) is 18.0 Å². The van der Waals surface area contributed by atoms with Crippen molar-refractivity contribution in [2.75, 3.05) is 13.7 Å². The SMILES string of the molecule is COCC(NC(=O)c1sc(C)nc1C)c1ccnn1C. The van der Waals surface area contributed by atoms with Crippen LogP contribution in [0.1, 0.15) is 32.1 Å². The average molecular weight is 294 g/mol. The smallest absolute Gasteiger partial charge is 0.263 e. The molecule has 0 bridgehead atoms. The number of ether oxygens (including phenoxy) is 1. The minimum atomic E-state index is -0.234. The standard InChI is InChI=1S/C13H18N4O2S/c1-8-12(20-9(2)15-8)13(18)16-10(7-19-4)11-5-6-14-17(11)3/h5-6,10H,7H2,1-4H3,(H,16,18). The van der Waals surface area contributed by atoms with Gasteiger partial charge < -0.3 is 10.1 Å². The van der Waals surface area contributed by atoms with Crippen LogP contribution >= 0.6 is 11.3 Å². The Morgan fingerprint density at radius 1 is 1.55 bits per heavy atom. The van der Waals surface area contributed by atoms with Crippen molar-refractivity contribution in [3.63, 3.8) is 0 Å². The summed E-state index contributed by atoms with van der Waals surface area (Å²) >= 11 is 1.40. The number of aryl methyl sites for hydroxylation is 3. The van der Waals surface area contributed by atoms with Crippen LogP contribution in [0.25, 0.3) is 0 Å². The van der Waals surface area contributed by atoms with Gasteiger partial charge in [-0.1, -0.05) is 0 Å². The van der Waals surface area contributed by atoms with Gasteiger partial charge in [0.15, 0.2) is 0 Å². The normalized spacial score (nSPS) is 12.4. The molecule has 20 heavy (non-hydrogen) atoms. The Hall–Kier alpha value is -1.73. The molecule has 2 heterocycles. The van der Waals surface area contributed by atoms with Gasteiger partial charge in [0.25, 0.3) is 5.91 Å². The van der Waals surface area contributed by atoms with Crippen LogP contribution in [0, 0.1) is 13.8 Å². The van der Waals surface area contributed by atoms with Gasteiger partial charge in [-0.3, -0.25) is 9.48 Å². The Bertz CT molecular complexity index is 605. The number of methoxy groups -OCH3 is 1. The highest BCUT2D eigenvalue weighted by Crippen LogP contribution is 2.19. The molecule has 0 aliphatic rings. The Morgan fingerprint density at radius 3 is 2.80 bits per heavy atom. The molecule has 0 aromatic carbocycles. The Kier molecular flexibility index (Phi) is 4.51. The summed E-state index contributed by atoms with van der Waals surface area (Å²) in [6.45, 7) is 4.12. The molecule has 1 unspecified atom stereocenters. The number of hydrogen-bond acceptors (Lipinski definition) is 5. The summed E-state index contributed by atoms with van der Waals surface area (Å²) in [7, 11) is 3.45. The van der Waals surface area contributed by atoms with Gasteiger partial charge in [0.05, 0.1) is 29.0 Å². The fraction of sp³-hybridized carbons (Fsp3) is 0.462. The van der Waals surface area contributed by atoms with E-state index in [-0.39, 0.29) is 11.9 Å².